The summed E-state index contributed by atoms with van der Waals surface area (Å²) in [6, 6.07) is 4.34. The van der Waals surface area contributed by atoms with E-state index in [9.17, 15) is 14.0 Å². The molecule has 2 rings (SSSR count). The van der Waals surface area contributed by atoms with E-state index in [1.807, 2.05) is 0 Å². The molecule has 2 aromatic rings. The first kappa shape index (κ1) is 10.4. The Bertz CT molecular complexity index is 601. The number of Topliss-reactive ketones (excluding diaryl/α,β-unsaturated/α-hetero) is 1. The number of aliphatic carboxylic acids is 1. The van der Waals surface area contributed by atoms with Gasteiger partial charge in [0.2, 0.25) is 0 Å². The van der Waals surface area contributed by atoms with Crippen LogP contribution in [-0.2, 0) is 4.79 Å². The molecule has 0 unspecified atom stereocenters. The van der Waals surface area contributed by atoms with Crippen molar-refractivity contribution in [3.63, 3.8) is 0 Å². The quantitative estimate of drug-likeness (QED) is 0.600. The molecule has 1 heterocycles. The third-order valence-corrected chi connectivity index (χ3v) is 2.44. The molecule has 16 heavy (non-hydrogen) atoms. The summed E-state index contributed by atoms with van der Waals surface area (Å²) in [4.78, 5) is 24.5. The van der Waals surface area contributed by atoms with Gasteiger partial charge in [0, 0.05) is 10.9 Å². The summed E-state index contributed by atoms with van der Waals surface area (Å²) in [6.07, 6.45) is 0. The fourth-order valence-electron chi connectivity index (χ4n) is 1.70. The fourth-order valence-corrected chi connectivity index (χ4v) is 1.70. The number of ketones is 1. The van der Waals surface area contributed by atoms with Crippen molar-refractivity contribution in [3.05, 3.63) is 35.3 Å². The topological polar surface area (TPSA) is 70.2 Å². The van der Waals surface area contributed by atoms with Gasteiger partial charge in [0.05, 0.1) is 5.69 Å². The number of hydrogen-bond donors (Lipinski definition) is 2. The smallest absolute Gasteiger partial charge is 0.378 e. The van der Waals surface area contributed by atoms with E-state index >= 15 is 0 Å². The Balaban J connectivity index is 2.75. The van der Waals surface area contributed by atoms with Crippen LogP contribution in [0.15, 0.2) is 18.2 Å². The molecule has 0 bridgehead atoms. The van der Waals surface area contributed by atoms with Gasteiger partial charge in [0.15, 0.2) is 0 Å². The van der Waals surface area contributed by atoms with Crippen LogP contribution in [0.2, 0.25) is 0 Å². The van der Waals surface area contributed by atoms with E-state index in [1.54, 1.807) is 6.07 Å². The number of H-pyrrole nitrogens is 1. The van der Waals surface area contributed by atoms with Crippen LogP contribution in [-0.4, -0.2) is 21.8 Å². The number of benzene rings is 1. The second-order valence-electron chi connectivity index (χ2n) is 3.42. The molecule has 0 amide bonds. The number of fused-ring (bicyclic) bond motifs is 1. The van der Waals surface area contributed by atoms with Gasteiger partial charge in [-0.2, -0.15) is 0 Å². The zero-order chi connectivity index (χ0) is 11.9. The van der Waals surface area contributed by atoms with Crippen LogP contribution in [0.4, 0.5) is 4.39 Å². The molecule has 0 atom stereocenters. The molecule has 5 heteroatoms. The van der Waals surface area contributed by atoms with E-state index in [1.165, 1.54) is 19.1 Å². The summed E-state index contributed by atoms with van der Waals surface area (Å²) in [5.74, 6) is -3.10. The van der Waals surface area contributed by atoms with E-state index in [4.69, 9.17) is 5.11 Å². The molecule has 2 N–H and O–H groups in total. The van der Waals surface area contributed by atoms with Gasteiger partial charge < -0.3 is 10.1 Å². The monoisotopic (exact) mass is 221 g/mol. The number of aromatic amines is 1. The summed E-state index contributed by atoms with van der Waals surface area (Å²) in [6.45, 7) is 1.51. The van der Waals surface area contributed by atoms with Gasteiger partial charge in [0.1, 0.15) is 5.82 Å². The number of nitrogens with one attached hydrogen (secondary N) is 1. The zero-order valence-corrected chi connectivity index (χ0v) is 8.37. The summed E-state index contributed by atoms with van der Waals surface area (Å²) >= 11 is 0. The molecule has 0 aliphatic rings. The molecule has 0 radical (unpaired) electrons. The first-order valence-electron chi connectivity index (χ1n) is 4.56. The second-order valence-corrected chi connectivity index (χ2v) is 3.42. The molecule has 0 saturated heterocycles. The minimum Gasteiger partial charge on any atom is -0.475 e. The van der Waals surface area contributed by atoms with Crippen LogP contribution < -0.4 is 0 Å². The average molecular weight is 221 g/mol. The standard InChI is InChI=1S/C11H8FNO3/c1-5-8-6(12)3-2-4-7(8)13-9(5)10(14)11(15)16/h2-4,13H,1H3,(H,15,16). The summed E-state index contributed by atoms with van der Waals surface area (Å²) in [5.41, 5.74) is 0.662. The maximum absolute atomic E-state index is 13.4. The molecule has 0 saturated carbocycles. The van der Waals surface area contributed by atoms with Crippen molar-refractivity contribution in [1.82, 2.24) is 4.98 Å². The molecule has 1 aromatic heterocycles. The third kappa shape index (κ3) is 1.37. The van der Waals surface area contributed by atoms with Crippen molar-refractivity contribution in [2.75, 3.05) is 0 Å². The number of carbonyl (C=O) groups excluding carboxylic acids is 1. The van der Waals surface area contributed by atoms with Crippen molar-refractivity contribution < 1.29 is 19.1 Å². The summed E-state index contributed by atoms with van der Waals surface area (Å²) in [7, 11) is 0. The fraction of sp³-hybridized carbons (Fsp3) is 0.0909. The molecule has 82 valence electrons. The highest BCUT2D eigenvalue weighted by Crippen LogP contribution is 2.24. The Labute approximate surface area is 89.7 Å². The highest BCUT2D eigenvalue weighted by atomic mass is 19.1. The number of aromatic nitrogens is 1. The van der Waals surface area contributed by atoms with Crippen molar-refractivity contribution in [2.24, 2.45) is 0 Å². The normalized spacial score (nSPS) is 10.6. The number of carboxylic acids is 1. The van der Waals surface area contributed by atoms with Crippen molar-refractivity contribution in [2.45, 2.75) is 6.92 Å². The van der Waals surface area contributed by atoms with Crippen molar-refractivity contribution in [1.29, 1.82) is 0 Å². The minimum atomic E-state index is -1.56. The Hall–Kier alpha value is -2.17. The molecule has 0 aliphatic heterocycles. The maximum Gasteiger partial charge on any atom is 0.378 e. The van der Waals surface area contributed by atoms with E-state index in [0.29, 0.717) is 11.1 Å². The molecule has 0 fully saturated rings. The van der Waals surface area contributed by atoms with Crippen LogP contribution in [0.3, 0.4) is 0 Å². The van der Waals surface area contributed by atoms with Gasteiger partial charge in [-0.15, -0.1) is 0 Å². The van der Waals surface area contributed by atoms with Gasteiger partial charge in [0.25, 0.3) is 5.78 Å². The summed E-state index contributed by atoms with van der Waals surface area (Å²) < 4.78 is 13.4. The van der Waals surface area contributed by atoms with Gasteiger partial charge in [-0.1, -0.05) is 6.07 Å². The van der Waals surface area contributed by atoms with Gasteiger partial charge in [-0.3, -0.25) is 4.79 Å². The van der Waals surface area contributed by atoms with Crippen LogP contribution >= 0.6 is 0 Å². The minimum absolute atomic E-state index is 0.0763. The van der Waals surface area contributed by atoms with Crippen LogP contribution in [0, 0.1) is 12.7 Å². The van der Waals surface area contributed by atoms with E-state index in [0.717, 1.165) is 0 Å². The lowest BCUT2D eigenvalue weighted by atomic mass is 10.1. The van der Waals surface area contributed by atoms with Crippen LogP contribution in [0.1, 0.15) is 16.1 Å². The zero-order valence-electron chi connectivity index (χ0n) is 8.37. The van der Waals surface area contributed by atoms with Gasteiger partial charge in [-0.25, -0.2) is 9.18 Å². The molecule has 1 aromatic carbocycles. The van der Waals surface area contributed by atoms with Crippen molar-refractivity contribution in [3.8, 4) is 0 Å². The van der Waals surface area contributed by atoms with Crippen LogP contribution in [0.5, 0.6) is 0 Å². The lowest BCUT2D eigenvalue weighted by Crippen LogP contribution is -2.14. The average Bonchev–Trinajstić information content (AvgIpc) is 2.56. The highest BCUT2D eigenvalue weighted by molar-refractivity contribution is 6.40. The lowest BCUT2D eigenvalue weighted by Gasteiger charge is -1.94. The number of rotatable bonds is 2. The number of aryl methyl sites for hydroxylation is 1. The molecule has 4 nitrogen and oxygen atoms in total. The number of carbonyl (C=O) groups is 2. The Morgan fingerprint density at radius 2 is 2.06 bits per heavy atom. The molecule has 0 spiro atoms. The first-order valence-corrected chi connectivity index (χ1v) is 4.56. The number of carboxylic acid groups (broad SMARTS) is 1. The molecule has 0 aliphatic carbocycles. The Morgan fingerprint density at radius 1 is 1.38 bits per heavy atom. The predicted octanol–water partition coefficient (Wildman–Crippen LogP) is 1.88. The number of halogens is 1. The van der Waals surface area contributed by atoms with Gasteiger partial charge in [-0.05, 0) is 24.6 Å². The lowest BCUT2D eigenvalue weighted by molar-refractivity contribution is -0.131. The number of hydrogen-bond acceptors (Lipinski definition) is 2. The SMILES string of the molecule is Cc1c(C(=O)C(=O)O)[nH]c2cccc(F)c12. The largest absolute Gasteiger partial charge is 0.475 e. The van der Waals surface area contributed by atoms with Crippen molar-refractivity contribution >= 4 is 22.7 Å². The summed E-state index contributed by atoms with van der Waals surface area (Å²) in [5, 5.41) is 8.85. The van der Waals surface area contributed by atoms with E-state index < -0.39 is 17.6 Å². The first-order chi connectivity index (χ1) is 7.52. The Kier molecular flexibility index (Phi) is 2.23. The Morgan fingerprint density at radius 3 is 2.62 bits per heavy atom. The highest BCUT2D eigenvalue weighted by Gasteiger charge is 2.21. The molecular formula is C11H8FNO3. The van der Waals surface area contributed by atoms with E-state index in [2.05, 4.69) is 4.98 Å². The predicted molar refractivity (Wildman–Crippen MR) is 55.0 cm³/mol. The van der Waals surface area contributed by atoms with E-state index in [-0.39, 0.29) is 11.1 Å². The molecular weight excluding hydrogens is 213 g/mol. The maximum atomic E-state index is 13.4. The van der Waals surface area contributed by atoms with Gasteiger partial charge >= 0.3 is 5.97 Å². The second kappa shape index (κ2) is 3.44. The van der Waals surface area contributed by atoms with Crippen LogP contribution in [0.25, 0.3) is 10.9 Å². The third-order valence-electron chi connectivity index (χ3n) is 2.44.